The highest BCUT2D eigenvalue weighted by molar-refractivity contribution is 7.80. The molecule has 2 unspecified atom stereocenters. The number of hydrogen-bond acceptors (Lipinski definition) is 3. The maximum atomic E-state index is 11.3. The molecule has 0 aromatic heterocycles. The lowest BCUT2D eigenvalue weighted by atomic mass is 9.90. The van der Waals surface area contributed by atoms with E-state index >= 15 is 0 Å². The van der Waals surface area contributed by atoms with Crippen molar-refractivity contribution in [3.8, 4) is 0 Å². The number of cyclic esters (lactones) is 1. The molecule has 1 saturated heterocycles. The number of benzene rings is 1. The summed E-state index contributed by atoms with van der Waals surface area (Å²) in [7, 11) is 0. The fraction of sp³-hybridized carbons (Fsp3) is 0.364. The Morgan fingerprint density at radius 2 is 2.07 bits per heavy atom. The van der Waals surface area contributed by atoms with Crippen molar-refractivity contribution in [3.05, 3.63) is 35.9 Å². The third kappa shape index (κ3) is 1.64. The van der Waals surface area contributed by atoms with Crippen molar-refractivity contribution in [1.82, 2.24) is 0 Å². The van der Waals surface area contributed by atoms with E-state index in [0.29, 0.717) is 12.4 Å². The van der Waals surface area contributed by atoms with E-state index in [-0.39, 0.29) is 17.8 Å². The number of rotatable bonds is 2. The molecular weight excluding hydrogens is 196 g/mol. The second-order valence-corrected chi connectivity index (χ2v) is 3.80. The summed E-state index contributed by atoms with van der Waals surface area (Å²) in [6, 6.07) is 9.99. The molecule has 14 heavy (non-hydrogen) atoms. The zero-order valence-electron chi connectivity index (χ0n) is 7.72. The average molecular weight is 208 g/mol. The summed E-state index contributed by atoms with van der Waals surface area (Å²) in [5, 5.41) is 0. The number of ether oxygens (including phenoxy) is 1. The van der Waals surface area contributed by atoms with Gasteiger partial charge in [-0.1, -0.05) is 30.3 Å². The maximum Gasteiger partial charge on any atom is 0.310 e. The molecule has 0 amide bonds. The van der Waals surface area contributed by atoms with E-state index in [4.69, 9.17) is 4.74 Å². The van der Waals surface area contributed by atoms with Crippen LogP contribution in [0.5, 0.6) is 0 Å². The Balaban J connectivity index is 2.23. The predicted molar refractivity (Wildman–Crippen MR) is 57.5 cm³/mol. The Labute approximate surface area is 88.7 Å². The van der Waals surface area contributed by atoms with Crippen LogP contribution in [-0.4, -0.2) is 18.3 Å². The third-order valence-electron chi connectivity index (χ3n) is 2.62. The molecule has 1 heterocycles. The van der Waals surface area contributed by atoms with Gasteiger partial charge in [0.25, 0.3) is 0 Å². The van der Waals surface area contributed by atoms with Gasteiger partial charge >= 0.3 is 5.97 Å². The summed E-state index contributed by atoms with van der Waals surface area (Å²) >= 11 is 4.18. The average Bonchev–Trinajstić information content (AvgIpc) is 2.61. The van der Waals surface area contributed by atoms with E-state index in [1.807, 2.05) is 30.3 Å². The van der Waals surface area contributed by atoms with E-state index in [0.717, 1.165) is 5.56 Å². The molecule has 1 aliphatic heterocycles. The molecule has 1 fully saturated rings. The molecule has 0 aliphatic carbocycles. The molecule has 2 nitrogen and oxygen atoms in total. The van der Waals surface area contributed by atoms with Crippen molar-refractivity contribution in [2.45, 2.75) is 5.92 Å². The zero-order chi connectivity index (χ0) is 9.97. The smallest absolute Gasteiger partial charge is 0.310 e. The summed E-state index contributed by atoms with van der Waals surface area (Å²) < 4.78 is 5.04. The molecule has 0 radical (unpaired) electrons. The fourth-order valence-electron chi connectivity index (χ4n) is 1.79. The van der Waals surface area contributed by atoms with Crippen LogP contribution < -0.4 is 0 Å². The van der Waals surface area contributed by atoms with Crippen molar-refractivity contribution in [1.29, 1.82) is 0 Å². The summed E-state index contributed by atoms with van der Waals surface area (Å²) in [6.45, 7) is 0.494. The molecule has 3 heteroatoms. The monoisotopic (exact) mass is 208 g/mol. The third-order valence-corrected chi connectivity index (χ3v) is 3.01. The molecule has 2 atom stereocenters. The van der Waals surface area contributed by atoms with Crippen molar-refractivity contribution in [2.75, 3.05) is 12.4 Å². The predicted octanol–water partition coefficient (Wildman–Crippen LogP) is 1.87. The minimum absolute atomic E-state index is 0.0827. The van der Waals surface area contributed by atoms with E-state index in [2.05, 4.69) is 12.6 Å². The van der Waals surface area contributed by atoms with Crippen LogP contribution in [0.3, 0.4) is 0 Å². The number of thiol groups is 1. The second-order valence-electron chi connectivity index (χ2n) is 3.44. The van der Waals surface area contributed by atoms with Gasteiger partial charge in [0, 0.05) is 11.7 Å². The van der Waals surface area contributed by atoms with E-state index in [1.54, 1.807) is 0 Å². The van der Waals surface area contributed by atoms with E-state index < -0.39 is 0 Å². The van der Waals surface area contributed by atoms with Crippen LogP contribution >= 0.6 is 12.6 Å². The van der Waals surface area contributed by atoms with Gasteiger partial charge in [-0.3, -0.25) is 4.79 Å². The highest BCUT2D eigenvalue weighted by Crippen LogP contribution is 2.32. The Kier molecular flexibility index (Phi) is 2.77. The number of carbonyl (C=O) groups excluding carboxylic acids is 1. The highest BCUT2D eigenvalue weighted by Gasteiger charge is 2.36. The van der Waals surface area contributed by atoms with Gasteiger partial charge in [0.1, 0.15) is 0 Å². The summed E-state index contributed by atoms with van der Waals surface area (Å²) in [5.74, 6) is 0.536. The molecule has 1 aliphatic rings. The topological polar surface area (TPSA) is 26.3 Å². The fourth-order valence-corrected chi connectivity index (χ4v) is 2.19. The molecule has 2 rings (SSSR count). The molecule has 0 bridgehead atoms. The Hall–Kier alpha value is -0.960. The van der Waals surface area contributed by atoms with Gasteiger partial charge in [0.15, 0.2) is 0 Å². The minimum atomic E-state index is -0.117. The summed E-state index contributed by atoms with van der Waals surface area (Å²) in [5.41, 5.74) is 1.16. The lowest BCUT2D eigenvalue weighted by molar-refractivity contribution is -0.140. The van der Waals surface area contributed by atoms with Gasteiger partial charge in [-0.25, -0.2) is 0 Å². The van der Waals surface area contributed by atoms with Crippen LogP contribution in [0.1, 0.15) is 11.5 Å². The standard InChI is InChI=1S/C11H12O2S/c12-11-10(7-14)9(6-13-11)8-4-2-1-3-5-8/h1-5,9-10,14H,6-7H2. The van der Waals surface area contributed by atoms with Crippen molar-refractivity contribution < 1.29 is 9.53 Å². The van der Waals surface area contributed by atoms with Gasteiger partial charge in [0.05, 0.1) is 12.5 Å². The van der Waals surface area contributed by atoms with Gasteiger partial charge in [-0.05, 0) is 5.56 Å². The molecule has 0 N–H and O–H groups in total. The SMILES string of the molecule is O=C1OCC(c2ccccc2)C1CS. The minimum Gasteiger partial charge on any atom is -0.465 e. The molecule has 0 saturated carbocycles. The summed E-state index contributed by atoms with van der Waals surface area (Å²) in [6.07, 6.45) is 0. The Morgan fingerprint density at radius 1 is 1.36 bits per heavy atom. The van der Waals surface area contributed by atoms with Crippen LogP contribution in [-0.2, 0) is 9.53 Å². The lowest BCUT2D eigenvalue weighted by Gasteiger charge is -2.12. The number of hydrogen-bond donors (Lipinski definition) is 1. The van der Waals surface area contributed by atoms with Gasteiger partial charge in [-0.15, -0.1) is 0 Å². The van der Waals surface area contributed by atoms with Crippen LogP contribution in [0.15, 0.2) is 30.3 Å². The van der Waals surface area contributed by atoms with E-state index in [9.17, 15) is 4.79 Å². The first-order chi connectivity index (χ1) is 6.83. The summed E-state index contributed by atoms with van der Waals surface area (Å²) in [4.78, 5) is 11.3. The van der Waals surface area contributed by atoms with Gasteiger partial charge in [-0.2, -0.15) is 12.6 Å². The van der Waals surface area contributed by atoms with Crippen LogP contribution in [0, 0.1) is 5.92 Å². The van der Waals surface area contributed by atoms with Crippen molar-refractivity contribution in [3.63, 3.8) is 0 Å². The van der Waals surface area contributed by atoms with Crippen molar-refractivity contribution >= 4 is 18.6 Å². The lowest BCUT2D eigenvalue weighted by Crippen LogP contribution is -2.15. The Morgan fingerprint density at radius 3 is 2.71 bits per heavy atom. The zero-order valence-corrected chi connectivity index (χ0v) is 8.61. The van der Waals surface area contributed by atoms with Crippen LogP contribution in [0.4, 0.5) is 0 Å². The maximum absolute atomic E-state index is 11.3. The van der Waals surface area contributed by atoms with Crippen LogP contribution in [0.2, 0.25) is 0 Å². The quantitative estimate of drug-likeness (QED) is 0.593. The Bertz CT molecular complexity index is 323. The number of carbonyl (C=O) groups is 1. The first-order valence-corrected chi connectivity index (χ1v) is 5.28. The molecule has 74 valence electrons. The number of esters is 1. The highest BCUT2D eigenvalue weighted by atomic mass is 32.1. The molecule has 0 spiro atoms. The van der Waals surface area contributed by atoms with Gasteiger partial charge in [0.2, 0.25) is 0 Å². The first-order valence-electron chi connectivity index (χ1n) is 4.65. The molecular formula is C11H12O2S. The molecule has 1 aromatic carbocycles. The van der Waals surface area contributed by atoms with Crippen molar-refractivity contribution in [2.24, 2.45) is 5.92 Å². The normalized spacial score (nSPS) is 26.2. The molecule has 1 aromatic rings. The van der Waals surface area contributed by atoms with E-state index in [1.165, 1.54) is 0 Å². The largest absolute Gasteiger partial charge is 0.465 e. The van der Waals surface area contributed by atoms with Crippen LogP contribution in [0.25, 0.3) is 0 Å². The second kappa shape index (κ2) is 4.05. The van der Waals surface area contributed by atoms with Gasteiger partial charge < -0.3 is 4.74 Å². The first kappa shape index (κ1) is 9.59.